The smallest absolute Gasteiger partial charge is 0.179 e. The van der Waals surface area contributed by atoms with Crippen molar-refractivity contribution in [2.75, 3.05) is 6.54 Å². The summed E-state index contributed by atoms with van der Waals surface area (Å²) in [6, 6.07) is 3.69. The summed E-state index contributed by atoms with van der Waals surface area (Å²) in [5, 5.41) is 25.0. The minimum atomic E-state index is -0.536. The molecule has 6 heteroatoms. The number of nitrogens with zero attached hydrogens (tertiary/aromatic N) is 4. The van der Waals surface area contributed by atoms with Gasteiger partial charge in [-0.05, 0) is 36.3 Å². The Hall–Kier alpha value is -1.53. The molecule has 1 saturated carbocycles. The molecule has 0 spiro atoms. The van der Waals surface area contributed by atoms with Gasteiger partial charge in [0.15, 0.2) is 5.65 Å². The monoisotopic (exact) mass is 261 g/mol. The van der Waals surface area contributed by atoms with Gasteiger partial charge in [0.1, 0.15) is 0 Å². The van der Waals surface area contributed by atoms with Crippen molar-refractivity contribution in [3.63, 3.8) is 0 Å². The second-order valence-corrected chi connectivity index (χ2v) is 5.61. The van der Waals surface area contributed by atoms with E-state index < -0.39 is 6.10 Å². The summed E-state index contributed by atoms with van der Waals surface area (Å²) in [6.45, 7) is 2.79. The average molecular weight is 261 g/mol. The van der Waals surface area contributed by atoms with E-state index in [9.17, 15) is 5.11 Å². The van der Waals surface area contributed by atoms with Crippen LogP contribution in [-0.4, -0.2) is 37.2 Å². The number of nitrogens with one attached hydrogen (secondary N) is 1. The van der Waals surface area contributed by atoms with E-state index >= 15 is 0 Å². The summed E-state index contributed by atoms with van der Waals surface area (Å²) < 4.78 is 1.58. The maximum Gasteiger partial charge on any atom is 0.179 e. The molecule has 2 N–H and O–H groups in total. The van der Waals surface area contributed by atoms with Gasteiger partial charge in [-0.3, -0.25) is 0 Å². The van der Waals surface area contributed by atoms with Crippen molar-refractivity contribution < 1.29 is 5.11 Å². The van der Waals surface area contributed by atoms with E-state index in [0.717, 1.165) is 5.56 Å². The maximum atomic E-state index is 10.2. The number of fused-ring (bicyclic) bond motifs is 1. The first kappa shape index (κ1) is 12.5. The van der Waals surface area contributed by atoms with Crippen molar-refractivity contribution in [1.29, 1.82) is 0 Å². The highest BCUT2D eigenvalue weighted by Gasteiger charge is 2.28. The molecule has 1 atom stereocenters. The Kier molecular flexibility index (Phi) is 3.20. The van der Waals surface area contributed by atoms with Crippen LogP contribution in [0.4, 0.5) is 0 Å². The minimum absolute atomic E-state index is 0.180. The van der Waals surface area contributed by atoms with Crippen LogP contribution in [0, 0.1) is 0 Å². The molecule has 0 aliphatic heterocycles. The number of pyridine rings is 1. The summed E-state index contributed by atoms with van der Waals surface area (Å²) in [7, 11) is 0. The molecule has 102 valence electrons. The zero-order valence-corrected chi connectivity index (χ0v) is 11.1. The Bertz CT molecular complexity index is 561. The van der Waals surface area contributed by atoms with Gasteiger partial charge >= 0.3 is 0 Å². The predicted molar refractivity (Wildman–Crippen MR) is 70.6 cm³/mol. The number of aliphatic hydroxyl groups is 1. The Labute approximate surface area is 111 Å². The van der Waals surface area contributed by atoms with Gasteiger partial charge in [-0.25, -0.2) is 4.52 Å². The van der Waals surface area contributed by atoms with Gasteiger partial charge in [0.2, 0.25) is 0 Å². The molecule has 0 radical (unpaired) electrons. The largest absolute Gasteiger partial charge is 0.387 e. The molecule has 0 aromatic carbocycles. The number of aliphatic hydroxyl groups excluding tert-OH is 1. The molecule has 0 bridgehead atoms. The first-order chi connectivity index (χ1) is 9.16. The third-order valence-electron chi connectivity index (χ3n) is 4.03. The minimum Gasteiger partial charge on any atom is -0.387 e. The number of tetrazole rings is 1. The van der Waals surface area contributed by atoms with Gasteiger partial charge in [-0.15, -0.1) is 5.10 Å². The van der Waals surface area contributed by atoms with E-state index in [4.69, 9.17) is 0 Å². The molecule has 0 amide bonds. The van der Waals surface area contributed by atoms with E-state index in [-0.39, 0.29) is 5.54 Å². The van der Waals surface area contributed by atoms with Crippen molar-refractivity contribution in [1.82, 2.24) is 25.4 Å². The van der Waals surface area contributed by atoms with Crippen molar-refractivity contribution in [2.24, 2.45) is 0 Å². The quantitative estimate of drug-likeness (QED) is 0.861. The van der Waals surface area contributed by atoms with Gasteiger partial charge in [-0.1, -0.05) is 18.9 Å². The summed E-state index contributed by atoms with van der Waals surface area (Å²) >= 11 is 0. The highest BCUT2D eigenvalue weighted by molar-refractivity contribution is 5.36. The summed E-state index contributed by atoms with van der Waals surface area (Å²) in [5.74, 6) is 0. The molecule has 6 nitrogen and oxygen atoms in total. The van der Waals surface area contributed by atoms with Crippen LogP contribution in [0.5, 0.6) is 0 Å². The third-order valence-corrected chi connectivity index (χ3v) is 4.03. The van der Waals surface area contributed by atoms with Crippen molar-refractivity contribution >= 4 is 5.65 Å². The Morgan fingerprint density at radius 1 is 1.42 bits per heavy atom. The first-order valence-electron chi connectivity index (χ1n) is 6.77. The summed E-state index contributed by atoms with van der Waals surface area (Å²) in [4.78, 5) is 0. The number of hydrogen-bond acceptors (Lipinski definition) is 5. The van der Waals surface area contributed by atoms with E-state index in [1.807, 2.05) is 12.1 Å². The highest BCUT2D eigenvalue weighted by Crippen LogP contribution is 2.29. The van der Waals surface area contributed by atoms with Crippen LogP contribution in [0.3, 0.4) is 0 Å². The van der Waals surface area contributed by atoms with Crippen LogP contribution in [0.25, 0.3) is 5.65 Å². The lowest BCUT2D eigenvalue weighted by Gasteiger charge is -2.27. The average Bonchev–Trinajstić information content (AvgIpc) is 3.04. The second kappa shape index (κ2) is 4.86. The first-order valence-corrected chi connectivity index (χ1v) is 6.77. The number of hydrogen-bond donors (Lipinski definition) is 2. The van der Waals surface area contributed by atoms with Crippen molar-refractivity contribution in [3.05, 3.63) is 23.9 Å². The van der Waals surface area contributed by atoms with Crippen molar-refractivity contribution in [2.45, 2.75) is 44.2 Å². The number of aromatic nitrogens is 4. The summed E-state index contributed by atoms with van der Waals surface area (Å²) in [5.41, 5.74) is 1.69. The topological polar surface area (TPSA) is 75.3 Å². The van der Waals surface area contributed by atoms with Crippen molar-refractivity contribution in [3.8, 4) is 0 Å². The number of rotatable bonds is 4. The molecular formula is C13H19N5O. The molecule has 0 saturated heterocycles. The molecule has 2 heterocycles. The van der Waals surface area contributed by atoms with Gasteiger partial charge in [0, 0.05) is 23.8 Å². The molecule has 1 aliphatic rings. The summed E-state index contributed by atoms with van der Waals surface area (Å²) in [6.07, 6.45) is 6.16. The molecule has 0 unspecified atom stereocenters. The van der Waals surface area contributed by atoms with Crippen LogP contribution < -0.4 is 5.32 Å². The molecule has 2 aromatic rings. The number of β-amino-alcohol motifs (C(OH)–C–C–N with tert-alkyl or cyclic N) is 1. The molecule has 1 aliphatic carbocycles. The van der Waals surface area contributed by atoms with Crippen LogP contribution in [0.15, 0.2) is 18.3 Å². The lowest BCUT2D eigenvalue weighted by molar-refractivity contribution is 0.158. The third kappa shape index (κ3) is 2.59. The Morgan fingerprint density at radius 3 is 3.00 bits per heavy atom. The second-order valence-electron chi connectivity index (χ2n) is 5.61. The zero-order chi connectivity index (χ0) is 13.3. The fourth-order valence-corrected chi connectivity index (χ4v) is 2.75. The van der Waals surface area contributed by atoms with E-state index in [1.54, 1.807) is 10.7 Å². The van der Waals surface area contributed by atoms with Gasteiger partial charge in [0.25, 0.3) is 0 Å². The normalized spacial score (nSPS) is 19.9. The molecule has 2 aromatic heterocycles. The SMILES string of the molecule is CC1(NC[C@H](O)c2ccc3nnnn3c2)CCCC1. The lowest BCUT2D eigenvalue weighted by Crippen LogP contribution is -2.41. The zero-order valence-electron chi connectivity index (χ0n) is 11.1. The lowest BCUT2D eigenvalue weighted by atomic mass is 10.00. The van der Waals surface area contributed by atoms with Crippen LogP contribution in [-0.2, 0) is 0 Å². The maximum absolute atomic E-state index is 10.2. The van der Waals surface area contributed by atoms with Gasteiger partial charge in [0.05, 0.1) is 6.10 Å². The highest BCUT2D eigenvalue weighted by atomic mass is 16.3. The fraction of sp³-hybridized carbons (Fsp3) is 0.615. The fourth-order valence-electron chi connectivity index (χ4n) is 2.75. The van der Waals surface area contributed by atoms with E-state index in [0.29, 0.717) is 12.2 Å². The molecule has 1 fully saturated rings. The molecule has 3 rings (SSSR count). The van der Waals surface area contributed by atoms with Crippen LogP contribution in [0.1, 0.15) is 44.3 Å². The van der Waals surface area contributed by atoms with Gasteiger partial charge in [-0.2, -0.15) is 0 Å². The molecule has 19 heavy (non-hydrogen) atoms. The Morgan fingerprint density at radius 2 is 2.21 bits per heavy atom. The predicted octanol–water partition coefficient (Wildman–Crippen LogP) is 1.08. The standard InChI is InChI=1S/C13H19N5O/c1-13(6-2-3-7-13)14-8-11(19)10-4-5-12-15-16-17-18(12)9-10/h4-5,9,11,14,19H,2-3,6-8H2,1H3/t11-/m0/s1. The Balaban J connectivity index is 1.67. The van der Waals surface area contributed by atoms with E-state index in [2.05, 4.69) is 27.8 Å². The van der Waals surface area contributed by atoms with Crippen LogP contribution in [0.2, 0.25) is 0 Å². The molecular weight excluding hydrogens is 242 g/mol. The van der Waals surface area contributed by atoms with Crippen LogP contribution >= 0.6 is 0 Å². The van der Waals surface area contributed by atoms with Gasteiger partial charge < -0.3 is 10.4 Å². The van der Waals surface area contributed by atoms with E-state index in [1.165, 1.54) is 25.7 Å².